The summed E-state index contributed by atoms with van der Waals surface area (Å²) in [4.78, 5) is 39.8. The molecule has 0 radical (unpaired) electrons. The van der Waals surface area contributed by atoms with Gasteiger partial charge in [0.1, 0.15) is 5.00 Å². The smallest absolute Gasteiger partial charge is 0.341 e. The minimum absolute atomic E-state index is 0.175. The van der Waals surface area contributed by atoms with E-state index < -0.39 is 5.97 Å². The van der Waals surface area contributed by atoms with Crippen molar-refractivity contribution in [1.82, 2.24) is 10.2 Å². The first-order valence-corrected chi connectivity index (χ1v) is 10.7. The number of ether oxygens (including phenoxy) is 1. The molecule has 1 aromatic heterocycles. The molecule has 28 heavy (non-hydrogen) atoms. The molecule has 1 aliphatic rings. The Morgan fingerprint density at radius 1 is 1.29 bits per heavy atom. The lowest BCUT2D eigenvalue weighted by atomic mass is 10.1. The van der Waals surface area contributed by atoms with Crippen LogP contribution >= 0.6 is 11.3 Å². The molecule has 7 nitrogen and oxygen atoms in total. The number of carbonyl (C=O) groups is 3. The maximum absolute atomic E-state index is 12.7. The van der Waals surface area contributed by atoms with Gasteiger partial charge >= 0.3 is 5.97 Å². The molecule has 0 saturated heterocycles. The largest absolute Gasteiger partial charge is 0.462 e. The van der Waals surface area contributed by atoms with Crippen LogP contribution in [0.25, 0.3) is 0 Å². The third-order valence-electron chi connectivity index (χ3n) is 4.72. The minimum Gasteiger partial charge on any atom is -0.462 e. The third kappa shape index (κ3) is 5.78. The summed E-state index contributed by atoms with van der Waals surface area (Å²) < 4.78 is 5.13. The van der Waals surface area contributed by atoms with Crippen molar-refractivity contribution in [3.05, 3.63) is 16.0 Å². The zero-order valence-corrected chi connectivity index (χ0v) is 18.2. The molecule has 0 unspecified atom stereocenters. The monoisotopic (exact) mass is 409 g/mol. The molecule has 0 bridgehead atoms. The van der Waals surface area contributed by atoms with E-state index in [0.29, 0.717) is 27.4 Å². The van der Waals surface area contributed by atoms with Crippen LogP contribution in [0.4, 0.5) is 5.00 Å². The zero-order chi connectivity index (χ0) is 20.8. The lowest BCUT2D eigenvalue weighted by Crippen LogP contribution is -2.36. The zero-order valence-electron chi connectivity index (χ0n) is 17.4. The lowest BCUT2D eigenvalue weighted by molar-refractivity contribution is -0.117. The molecule has 0 spiro atoms. The summed E-state index contributed by atoms with van der Waals surface area (Å²) in [5, 5.41) is 5.79. The number of hydrogen-bond acceptors (Lipinski definition) is 6. The Morgan fingerprint density at radius 2 is 1.96 bits per heavy atom. The Hall–Kier alpha value is -1.93. The van der Waals surface area contributed by atoms with E-state index in [2.05, 4.69) is 29.4 Å². The van der Waals surface area contributed by atoms with Gasteiger partial charge in [-0.1, -0.05) is 13.8 Å². The topological polar surface area (TPSA) is 87.7 Å². The van der Waals surface area contributed by atoms with E-state index in [1.54, 1.807) is 13.8 Å². The molecule has 8 heteroatoms. The fourth-order valence-corrected chi connectivity index (χ4v) is 4.14. The number of anilines is 1. The van der Waals surface area contributed by atoms with E-state index in [9.17, 15) is 14.4 Å². The van der Waals surface area contributed by atoms with Crippen LogP contribution in [0.15, 0.2) is 0 Å². The Bertz CT molecular complexity index is 725. The number of rotatable bonds is 10. The molecular formula is C20H31N3O4S. The molecular weight excluding hydrogens is 378 g/mol. The summed E-state index contributed by atoms with van der Waals surface area (Å²) in [5.41, 5.74) is 0.788. The van der Waals surface area contributed by atoms with Gasteiger partial charge in [0.05, 0.1) is 23.6 Å². The van der Waals surface area contributed by atoms with Crippen LogP contribution in [0, 0.1) is 12.8 Å². The molecule has 2 N–H and O–H groups in total. The van der Waals surface area contributed by atoms with E-state index in [0.717, 1.165) is 37.1 Å². The molecule has 1 heterocycles. The molecule has 0 aromatic carbocycles. The maximum Gasteiger partial charge on any atom is 0.341 e. The highest BCUT2D eigenvalue weighted by molar-refractivity contribution is 7.18. The summed E-state index contributed by atoms with van der Waals surface area (Å²) in [6, 6.07) is 0.473. The minimum atomic E-state index is -0.527. The second-order valence-electron chi connectivity index (χ2n) is 7.49. The molecule has 1 fully saturated rings. The lowest BCUT2D eigenvalue weighted by Gasteiger charge is -2.22. The first kappa shape index (κ1) is 22.4. The summed E-state index contributed by atoms with van der Waals surface area (Å²) in [6.07, 6.45) is 3.29. The second-order valence-corrected chi connectivity index (χ2v) is 8.51. The quantitative estimate of drug-likeness (QED) is 0.580. The van der Waals surface area contributed by atoms with Crippen molar-refractivity contribution in [2.75, 3.05) is 32.1 Å². The van der Waals surface area contributed by atoms with E-state index in [-0.39, 0.29) is 30.5 Å². The van der Waals surface area contributed by atoms with Crippen molar-refractivity contribution < 1.29 is 19.1 Å². The first-order chi connectivity index (χ1) is 13.3. The van der Waals surface area contributed by atoms with Gasteiger partial charge in [0.15, 0.2) is 0 Å². The van der Waals surface area contributed by atoms with Gasteiger partial charge in [0.2, 0.25) is 5.91 Å². The maximum atomic E-state index is 12.7. The normalized spacial score (nSPS) is 13.7. The van der Waals surface area contributed by atoms with E-state index in [1.807, 2.05) is 0 Å². The molecule has 2 amide bonds. The Labute approximate surface area is 170 Å². The Morgan fingerprint density at radius 3 is 2.50 bits per heavy atom. The molecule has 2 rings (SSSR count). The van der Waals surface area contributed by atoms with Gasteiger partial charge in [0, 0.05) is 13.1 Å². The van der Waals surface area contributed by atoms with Gasteiger partial charge in [-0.2, -0.15) is 0 Å². The van der Waals surface area contributed by atoms with Crippen LogP contribution in [0.3, 0.4) is 0 Å². The number of amides is 2. The predicted octanol–water partition coefficient (Wildman–Crippen LogP) is 3.04. The van der Waals surface area contributed by atoms with E-state index >= 15 is 0 Å². The highest BCUT2D eigenvalue weighted by Crippen LogP contribution is 2.34. The summed E-state index contributed by atoms with van der Waals surface area (Å²) in [6.45, 7) is 9.15. The summed E-state index contributed by atoms with van der Waals surface area (Å²) in [5.74, 6) is -0.411. The van der Waals surface area contributed by atoms with Crippen molar-refractivity contribution in [3.63, 3.8) is 0 Å². The number of carbonyl (C=O) groups excluding carboxylic acids is 3. The van der Waals surface area contributed by atoms with E-state index in [4.69, 9.17) is 4.74 Å². The average Bonchev–Trinajstić information content (AvgIpc) is 3.42. The standard InChI is InChI=1S/C20H31N3O4S/c1-6-27-20(26)16-13(4)17(18(25)21-5)28-19(16)22-15(24)11-23(14-7-8-14)10-9-12(2)3/h12,14H,6-11H2,1-5H3,(H,21,25)(H,22,24). The van der Waals surface area contributed by atoms with Crippen LogP contribution in [0.2, 0.25) is 0 Å². The van der Waals surface area contributed by atoms with Crippen LogP contribution in [0.1, 0.15) is 65.6 Å². The second kappa shape index (κ2) is 10.0. The van der Waals surface area contributed by atoms with Crippen molar-refractivity contribution in [3.8, 4) is 0 Å². The number of nitrogens with one attached hydrogen (secondary N) is 2. The van der Waals surface area contributed by atoms with Gasteiger partial charge in [-0.25, -0.2) is 4.79 Å². The first-order valence-electron chi connectivity index (χ1n) is 9.84. The van der Waals surface area contributed by atoms with Crippen LogP contribution in [-0.4, -0.2) is 55.5 Å². The third-order valence-corrected chi connectivity index (χ3v) is 5.92. The highest BCUT2D eigenvalue weighted by Gasteiger charge is 2.31. The molecule has 0 atom stereocenters. The van der Waals surface area contributed by atoms with Gasteiger partial charge in [-0.05, 0) is 51.1 Å². The summed E-state index contributed by atoms with van der Waals surface area (Å²) >= 11 is 1.11. The number of esters is 1. The van der Waals surface area contributed by atoms with Crippen molar-refractivity contribution in [1.29, 1.82) is 0 Å². The van der Waals surface area contributed by atoms with E-state index in [1.165, 1.54) is 7.05 Å². The fourth-order valence-electron chi connectivity index (χ4n) is 2.99. The SMILES string of the molecule is CCOC(=O)c1c(NC(=O)CN(CCC(C)C)C2CC2)sc(C(=O)NC)c1C. The Kier molecular flexibility index (Phi) is 8.00. The highest BCUT2D eigenvalue weighted by atomic mass is 32.1. The van der Waals surface area contributed by atoms with Gasteiger partial charge in [0.25, 0.3) is 5.91 Å². The van der Waals surface area contributed by atoms with Gasteiger partial charge < -0.3 is 15.4 Å². The number of nitrogens with zero attached hydrogens (tertiary/aromatic N) is 1. The van der Waals surface area contributed by atoms with Crippen molar-refractivity contribution in [2.45, 2.75) is 53.0 Å². The van der Waals surface area contributed by atoms with Crippen LogP contribution in [0.5, 0.6) is 0 Å². The van der Waals surface area contributed by atoms with Crippen LogP contribution < -0.4 is 10.6 Å². The van der Waals surface area contributed by atoms with Crippen LogP contribution in [-0.2, 0) is 9.53 Å². The molecule has 1 aromatic rings. The predicted molar refractivity (Wildman–Crippen MR) is 111 cm³/mol. The van der Waals surface area contributed by atoms with Gasteiger partial charge in [-0.15, -0.1) is 11.3 Å². The fraction of sp³-hybridized carbons (Fsp3) is 0.650. The molecule has 1 aliphatic carbocycles. The Balaban J connectivity index is 2.17. The summed E-state index contributed by atoms with van der Waals surface area (Å²) in [7, 11) is 1.53. The molecule has 0 aliphatic heterocycles. The van der Waals surface area contributed by atoms with Gasteiger partial charge in [-0.3, -0.25) is 14.5 Å². The number of thiophene rings is 1. The molecule has 156 valence electrons. The molecule has 1 saturated carbocycles. The van der Waals surface area contributed by atoms with Crippen molar-refractivity contribution >= 4 is 34.1 Å². The van der Waals surface area contributed by atoms with Crippen molar-refractivity contribution in [2.24, 2.45) is 5.92 Å². The average molecular weight is 410 g/mol. The number of hydrogen-bond donors (Lipinski definition) is 2.